The van der Waals surface area contributed by atoms with E-state index in [0.717, 1.165) is 25.7 Å². The number of carbonyl (C=O) groups excluding carboxylic acids is 1. The Bertz CT molecular complexity index is 252. The number of ether oxygens (including phenoxy) is 2. The summed E-state index contributed by atoms with van der Waals surface area (Å²) >= 11 is 0. The van der Waals surface area contributed by atoms with Gasteiger partial charge in [0, 0.05) is 0 Å². The Kier molecular flexibility index (Phi) is 4.95. The summed E-state index contributed by atoms with van der Waals surface area (Å²) in [6.45, 7) is 6.63. The summed E-state index contributed by atoms with van der Waals surface area (Å²) in [5, 5.41) is 0. The molecule has 0 aliphatic heterocycles. The maximum Gasteiger partial charge on any atom is 0.326 e. The normalized spacial score (nSPS) is 20.0. The fourth-order valence-electron chi connectivity index (χ4n) is 2.01. The molecule has 2 N–H and O–H groups in total. The first-order chi connectivity index (χ1) is 7.83. The van der Waals surface area contributed by atoms with Crippen molar-refractivity contribution in [2.24, 2.45) is 5.73 Å². The molecule has 1 fully saturated rings. The number of carbonyl (C=O) groups is 1. The first kappa shape index (κ1) is 14.5. The molecular weight excluding hydrogens is 218 g/mol. The van der Waals surface area contributed by atoms with Crippen LogP contribution in [0.5, 0.6) is 0 Å². The summed E-state index contributed by atoms with van der Waals surface area (Å²) in [6, 6.07) is 0. The van der Waals surface area contributed by atoms with Gasteiger partial charge in [0.2, 0.25) is 0 Å². The van der Waals surface area contributed by atoms with E-state index in [0.29, 0.717) is 6.61 Å². The van der Waals surface area contributed by atoms with Crippen molar-refractivity contribution in [3.05, 3.63) is 0 Å². The molecule has 0 radical (unpaired) electrons. The molecule has 1 saturated carbocycles. The van der Waals surface area contributed by atoms with Gasteiger partial charge >= 0.3 is 5.97 Å². The van der Waals surface area contributed by atoms with E-state index in [9.17, 15) is 4.79 Å². The van der Waals surface area contributed by atoms with Crippen LogP contribution < -0.4 is 5.73 Å². The van der Waals surface area contributed by atoms with E-state index in [1.165, 1.54) is 6.42 Å². The van der Waals surface area contributed by atoms with E-state index in [1.54, 1.807) is 0 Å². The molecule has 0 bridgehead atoms. The molecule has 4 heteroatoms. The Morgan fingerprint density at radius 1 is 1.18 bits per heavy atom. The zero-order chi connectivity index (χ0) is 12.9. The molecule has 100 valence electrons. The fraction of sp³-hybridized carbons (Fsp3) is 0.923. The van der Waals surface area contributed by atoms with Gasteiger partial charge in [0.15, 0.2) is 0 Å². The second-order valence-electron chi connectivity index (χ2n) is 5.81. The molecule has 1 aliphatic rings. The van der Waals surface area contributed by atoms with Gasteiger partial charge in [-0.3, -0.25) is 4.79 Å². The molecule has 0 aromatic heterocycles. The standard InChI is InChI=1S/C13H25NO3/c1-12(2,3)17-10-9-16-11(15)13(14)7-5-4-6-8-13/h4-10,14H2,1-3H3. The molecule has 1 rings (SSSR count). The van der Waals surface area contributed by atoms with Gasteiger partial charge in [-0.2, -0.15) is 0 Å². The zero-order valence-electron chi connectivity index (χ0n) is 11.3. The Labute approximate surface area is 104 Å². The highest BCUT2D eigenvalue weighted by atomic mass is 16.6. The second-order valence-corrected chi connectivity index (χ2v) is 5.81. The van der Waals surface area contributed by atoms with Crippen LogP contribution in [0.15, 0.2) is 0 Å². The molecule has 0 aromatic rings. The van der Waals surface area contributed by atoms with Crippen molar-refractivity contribution in [3.63, 3.8) is 0 Å². The number of esters is 1. The minimum atomic E-state index is -0.750. The van der Waals surface area contributed by atoms with E-state index in [2.05, 4.69) is 0 Å². The number of nitrogens with two attached hydrogens (primary N) is 1. The lowest BCUT2D eigenvalue weighted by atomic mass is 9.83. The summed E-state index contributed by atoms with van der Waals surface area (Å²) < 4.78 is 10.7. The maximum absolute atomic E-state index is 11.8. The number of rotatable bonds is 4. The Morgan fingerprint density at radius 2 is 1.76 bits per heavy atom. The third-order valence-electron chi connectivity index (χ3n) is 3.00. The highest BCUT2D eigenvalue weighted by molar-refractivity contribution is 5.80. The van der Waals surface area contributed by atoms with Crippen molar-refractivity contribution in [3.8, 4) is 0 Å². The van der Waals surface area contributed by atoms with Crippen molar-refractivity contribution < 1.29 is 14.3 Å². The van der Waals surface area contributed by atoms with E-state index in [4.69, 9.17) is 15.2 Å². The molecule has 0 heterocycles. The number of hydrogen-bond acceptors (Lipinski definition) is 4. The average Bonchev–Trinajstić information content (AvgIpc) is 2.24. The molecule has 17 heavy (non-hydrogen) atoms. The van der Waals surface area contributed by atoms with Gasteiger partial charge in [0.05, 0.1) is 12.2 Å². The van der Waals surface area contributed by atoms with Crippen LogP contribution in [0.1, 0.15) is 52.9 Å². The molecule has 0 atom stereocenters. The van der Waals surface area contributed by atoms with E-state index >= 15 is 0 Å². The summed E-state index contributed by atoms with van der Waals surface area (Å²) in [4.78, 5) is 11.8. The lowest BCUT2D eigenvalue weighted by Crippen LogP contribution is -2.50. The topological polar surface area (TPSA) is 61.5 Å². The fourth-order valence-corrected chi connectivity index (χ4v) is 2.01. The van der Waals surface area contributed by atoms with Crippen LogP contribution in [0.4, 0.5) is 0 Å². The summed E-state index contributed by atoms with van der Waals surface area (Å²) in [5.41, 5.74) is 5.11. The lowest BCUT2D eigenvalue weighted by molar-refractivity contribution is -0.154. The third-order valence-corrected chi connectivity index (χ3v) is 3.00. The molecule has 0 saturated heterocycles. The van der Waals surface area contributed by atoms with E-state index in [-0.39, 0.29) is 18.2 Å². The van der Waals surface area contributed by atoms with Crippen LogP contribution in [0.3, 0.4) is 0 Å². The summed E-state index contributed by atoms with van der Waals surface area (Å²) in [7, 11) is 0. The molecule has 0 spiro atoms. The van der Waals surface area contributed by atoms with E-state index < -0.39 is 5.54 Å². The lowest BCUT2D eigenvalue weighted by Gasteiger charge is -2.30. The average molecular weight is 243 g/mol. The Morgan fingerprint density at radius 3 is 2.29 bits per heavy atom. The monoisotopic (exact) mass is 243 g/mol. The predicted molar refractivity (Wildman–Crippen MR) is 66.7 cm³/mol. The van der Waals surface area contributed by atoms with Crippen molar-refractivity contribution in [2.75, 3.05) is 13.2 Å². The predicted octanol–water partition coefficient (Wildman–Crippen LogP) is 2.01. The van der Waals surface area contributed by atoms with Crippen molar-refractivity contribution in [2.45, 2.75) is 64.0 Å². The van der Waals surface area contributed by atoms with E-state index in [1.807, 2.05) is 20.8 Å². The highest BCUT2D eigenvalue weighted by Gasteiger charge is 2.36. The van der Waals surface area contributed by atoms with Gasteiger partial charge in [0.1, 0.15) is 12.1 Å². The van der Waals surface area contributed by atoms with Crippen molar-refractivity contribution >= 4 is 5.97 Å². The van der Waals surface area contributed by atoms with Crippen LogP contribution in [-0.2, 0) is 14.3 Å². The minimum absolute atomic E-state index is 0.197. The van der Waals surface area contributed by atoms with Crippen LogP contribution in [-0.4, -0.2) is 30.3 Å². The van der Waals surface area contributed by atoms with Crippen LogP contribution in [0, 0.1) is 0 Å². The third kappa shape index (κ3) is 5.04. The molecule has 0 amide bonds. The Balaban J connectivity index is 2.24. The zero-order valence-corrected chi connectivity index (χ0v) is 11.3. The molecule has 0 unspecified atom stereocenters. The van der Waals surface area contributed by atoms with Gasteiger partial charge < -0.3 is 15.2 Å². The minimum Gasteiger partial charge on any atom is -0.462 e. The second kappa shape index (κ2) is 5.83. The first-order valence-corrected chi connectivity index (χ1v) is 6.44. The largest absolute Gasteiger partial charge is 0.462 e. The molecule has 0 aromatic carbocycles. The van der Waals surface area contributed by atoms with Crippen molar-refractivity contribution in [1.82, 2.24) is 0 Å². The SMILES string of the molecule is CC(C)(C)OCCOC(=O)C1(N)CCCCC1. The smallest absolute Gasteiger partial charge is 0.326 e. The van der Waals surface area contributed by atoms with Crippen molar-refractivity contribution in [1.29, 1.82) is 0 Å². The Hall–Kier alpha value is -0.610. The molecule has 1 aliphatic carbocycles. The molecule has 4 nitrogen and oxygen atoms in total. The van der Waals surface area contributed by atoms with Gasteiger partial charge in [-0.05, 0) is 33.6 Å². The van der Waals surface area contributed by atoms with Gasteiger partial charge in [-0.25, -0.2) is 0 Å². The quantitative estimate of drug-likeness (QED) is 0.606. The van der Waals surface area contributed by atoms with Crippen LogP contribution in [0.2, 0.25) is 0 Å². The van der Waals surface area contributed by atoms with Gasteiger partial charge in [0.25, 0.3) is 0 Å². The highest BCUT2D eigenvalue weighted by Crippen LogP contribution is 2.26. The first-order valence-electron chi connectivity index (χ1n) is 6.44. The van der Waals surface area contributed by atoms with Gasteiger partial charge in [-0.1, -0.05) is 19.3 Å². The summed E-state index contributed by atoms with van der Waals surface area (Å²) in [6.07, 6.45) is 4.69. The molecular formula is C13H25NO3. The van der Waals surface area contributed by atoms with Crippen LogP contribution in [0.25, 0.3) is 0 Å². The maximum atomic E-state index is 11.8. The van der Waals surface area contributed by atoms with Gasteiger partial charge in [-0.15, -0.1) is 0 Å². The number of hydrogen-bond donors (Lipinski definition) is 1. The van der Waals surface area contributed by atoms with Crippen LogP contribution >= 0.6 is 0 Å². The summed E-state index contributed by atoms with van der Waals surface area (Å²) in [5.74, 6) is -0.269.